The summed E-state index contributed by atoms with van der Waals surface area (Å²) in [6, 6.07) is 11.5. The molecule has 0 radical (unpaired) electrons. The number of benzene rings is 1. The molecule has 2 atom stereocenters. The van der Waals surface area contributed by atoms with Crippen LogP contribution in [0.5, 0.6) is 0 Å². The van der Waals surface area contributed by atoms with Crippen molar-refractivity contribution in [3.8, 4) is 0 Å². The first-order valence-corrected chi connectivity index (χ1v) is 10.1. The average molecular weight is 410 g/mol. The number of amides is 1. The number of rotatable bonds is 9. The first kappa shape index (κ1) is 21.3. The summed E-state index contributed by atoms with van der Waals surface area (Å²) in [5.74, 6) is 0.891. The molecular formula is C22H26N4O4. The average Bonchev–Trinajstić information content (AvgIpc) is 3.41. The highest BCUT2D eigenvalue weighted by molar-refractivity contribution is 5.91. The molecule has 0 aliphatic rings. The van der Waals surface area contributed by atoms with Crippen LogP contribution in [-0.2, 0) is 6.54 Å². The first-order valence-electron chi connectivity index (χ1n) is 10.1. The Kier molecular flexibility index (Phi) is 6.66. The van der Waals surface area contributed by atoms with Gasteiger partial charge in [-0.2, -0.15) is 5.10 Å². The summed E-state index contributed by atoms with van der Waals surface area (Å²) in [5.41, 5.74) is 2.25. The third-order valence-corrected chi connectivity index (χ3v) is 5.27. The van der Waals surface area contributed by atoms with Crippen LogP contribution in [0, 0.1) is 10.1 Å². The van der Waals surface area contributed by atoms with Crippen LogP contribution in [-0.4, -0.2) is 20.6 Å². The number of nitrogens with zero attached hydrogens (tertiary/aromatic N) is 3. The number of hydrogen-bond acceptors (Lipinski definition) is 5. The van der Waals surface area contributed by atoms with Gasteiger partial charge in [-0.05, 0) is 42.0 Å². The van der Waals surface area contributed by atoms with Gasteiger partial charge in [0.05, 0.1) is 17.5 Å². The maximum Gasteiger partial charge on any atom is 0.307 e. The van der Waals surface area contributed by atoms with Crippen molar-refractivity contribution >= 4 is 11.6 Å². The highest BCUT2D eigenvalue weighted by Gasteiger charge is 2.18. The minimum absolute atomic E-state index is 0.0929. The van der Waals surface area contributed by atoms with Gasteiger partial charge in [0.1, 0.15) is 18.2 Å². The number of aromatic nitrogens is 2. The lowest BCUT2D eigenvalue weighted by Gasteiger charge is -2.18. The number of furan rings is 1. The number of carbonyl (C=O) groups excluding carboxylic acids is 1. The quantitative estimate of drug-likeness (QED) is 0.402. The highest BCUT2D eigenvalue weighted by atomic mass is 16.6. The molecule has 3 rings (SSSR count). The SMILES string of the molecule is CCC(C)c1ccc(C(CC)NC(=O)c2ccc(Cn3cc([N+](=O)[O-])cn3)o2)cc1. The van der Waals surface area contributed by atoms with E-state index >= 15 is 0 Å². The summed E-state index contributed by atoms with van der Waals surface area (Å²) < 4.78 is 7.02. The Hall–Kier alpha value is -3.42. The minimum atomic E-state index is -0.509. The second-order valence-corrected chi connectivity index (χ2v) is 7.33. The molecule has 2 aromatic heterocycles. The van der Waals surface area contributed by atoms with Crippen LogP contribution in [0.4, 0.5) is 5.69 Å². The molecule has 30 heavy (non-hydrogen) atoms. The molecule has 0 aliphatic carbocycles. The van der Waals surface area contributed by atoms with E-state index in [-0.39, 0.29) is 29.9 Å². The van der Waals surface area contributed by atoms with Gasteiger partial charge in [-0.25, -0.2) is 0 Å². The number of carbonyl (C=O) groups is 1. The fraction of sp³-hybridized carbons (Fsp3) is 0.364. The molecule has 3 aromatic rings. The van der Waals surface area contributed by atoms with Crippen molar-refractivity contribution < 1.29 is 14.1 Å². The van der Waals surface area contributed by atoms with Crippen LogP contribution in [0.25, 0.3) is 0 Å². The smallest absolute Gasteiger partial charge is 0.307 e. The van der Waals surface area contributed by atoms with Crippen LogP contribution in [0.2, 0.25) is 0 Å². The zero-order chi connectivity index (χ0) is 21.7. The predicted molar refractivity (Wildman–Crippen MR) is 112 cm³/mol. The van der Waals surface area contributed by atoms with Gasteiger partial charge in [0.25, 0.3) is 5.91 Å². The molecule has 0 aliphatic heterocycles. The summed E-state index contributed by atoms with van der Waals surface area (Å²) in [5, 5.41) is 17.7. The second kappa shape index (κ2) is 9.39. The Morgan fingerprint density at radius 1 is 1.17 bits per heavy atom. The van der Waals surface area contributed by atoms with E-state index < -0.39 is 4.92 Å². The Balaban J connectivity index is 1.65. The molecule has 1 amide bonds. The predicted octanol–water partition coefficient (Wildman–Crippen LogP) is 4.83. The summed E-state index contributed by atoms with van der Waals surface area (Å²) in [4.78, 5) is 22.9. The molecule has 1 N–H and O–H groups in total. The van der Waals surface area contributed by atoms with E-state index in [2.05, 4.69) is 48.5 Å². The Labute approximate surface area is 175 Å². The lowest BCUT2D eigenvalue weighted by atomic mass is 9.95. The molecule has 0 saturated heterocycles. The maximum absolute atomic E-state index is 12.7. The monoisotopic (exact) mass is 410 g/mol. The lowest BCUT2D eigenvalue weighted by molar-refractivity contribution is -0.385. The molecule has 2 unspecified atom stereocenters. The van der Waals surface area contributed by atoms with Crippen molar-refractivity contribution in [3.63, 3.8) is 0 Å². The second-order valence-electron chi connectivity index (χ2n) is 7.33. The Morgan fingerprint density at radius 2 is 1.87 bits per heavy atom. The van der Waals surface area contributed by atoms with Crippen molar-refractivity contribution in [2.24, 2.45) is 0 Å². The van der Waals surface area contributed by atoms with E-state index in [4.69, 9.17) is 4.42 Å². The van der Waals surface area contributed by atoms with E-state index in [1.165, 1.54) is 22.6 Å². The normalized spacial score (nSPS) is 13.0. The lowest BCUT2D eigenvalue weighted by Crippen LogP contribution is -2.27. The molecule has 1 aromatic carbocycles. The molecule has 158 valence electrons. The van der Waals surface area contributed by atoms with E-state index in [0.717, 1.165) is 18.4 Å². The van der Waals surface area contributed by atoms with E-state index in [0.29, 0.717) is 11.7 Å². The van der Waals surface area contributed by atoms with Gasteiger partial charge in [-0.3, -0.25) is 19.6 Å². The van der Waals surface area contributed by atoms with Crippen LogP contribution in [0.15, 0.2) is 53.2 Å². The number of nitro groups is 1. The Morgan fingerprint density at radius 3 is 2.47 bits per heavy atom. The van der Waals surface area contributed by atoms with Gasteiger partial charge < -0.3 is 9.73 Å². The molecule has 8 nitrogen and oxygen atoms in total. The van der Waals surface area contributed by atoms with Gasteiger partial charge in [-0.15, -0.1) is 0 Å². The molecule has 0 spiro atoms. The van der Waals surface area contributed by atoms with E-state index in [1.807, 2.05) is 6.92 Å². The summed E-state index contributed by atoms with van der Waals surface area (Å²) in [7, 11) is 0. The topological polar surface area (TPSA) is 103 Å². The fourth-order valence-corrected chi connectivity index (χ4v) is 3.22. The summed E-state index contributed by atoms with van der Waals surface area (Å²) in [6.07, 6.45) is 4.33. The van der Waals surface area contributed by atoms with Crippen molar-refractivity contribution in [1.29, 1.82) is 0 Å². The van der Waals surface area contributed by atoms with Crippen molar-refractivity contribution in [3.05, 3.63) is 81.6 Å². The van der Waals surface area contributed by atoms with Gasteiger partial charge in [0.2, 0.25) is 0 Å². The minimum Gasteiger partial charge on any atom is -0.454 e. The zero-order valence-corrected chi connectivity index (χ0v) is 17.4. The van der Waals surface area contributed by atoms with Crippen LogP contribution >= 0.6 is 0 Å². The third-order valence-electron chi connectivity index (χ3n) is 5.27. The maximum atomic E-state index is 12.7. The third kappa shape index (κ3) is 4.94. The van der Waals surface area contributed by atoms with Gasteiger partial charge in [-0.1, -0.05) is 45.0 Å². The van der Waals surface area contributed by atoms with Crippen LogP contribution in [0.3, 0.4) is 0 Å². The Bertz CT molecular complexity index is 1010. The molecule has 0 bridgehead atoms. The van der Waals surface area contributed by atoms with Gasteiger partial charge >= 0.3 is 5.69 Å². The highest BCUT2D eigenvalue weighted by Crippen LogP contribution is 2.23. The fourth-order valence-electron chi connectivity index (χ4n) is 3.22. The molecule has 2 heterocycles. The molecule has 0 fully saturated rings. The van der Waals surface area contributed by atoms with Crippen molar-refractivity contribution in [2.45, 2.75) is 52.1 Å². The molecular weight excluding hydrogens is 384 g/mol. The summed E-state index contributed by atoms with van der Waals surface area (Å²) in [6.45, 7) is 6.59. The summed E-state index contributed by atoms with van der Waals surface area (Å²) >= 11 is 0. The van der Waals surface area contributed by atoms with Crippen LogP contribution < -0.4 is 5.32 Å². The number of hydrogen-bond donors (Lipinski definition) is 1. The van der Waals surface area contributed by atoms with Gasteiger partial charge in [0.15, 0.2) is 5.76 Å². The zero-order valence-electron chi connectivity index (χ0n) is 17.4. The van der Waals surface area contributed by atoms with Gasteiger partial charge in [0, 0.05) is 0 Å². The first-order chi connectivity index (χ1) is 14.4. The molecule has 0 saturated carbocycles. The largest absolute Gasteiger partial charge is 0.454 e. The van der Waals surface area contributed by atoms with Crippen LogP contribution in [0.1, 0.15) is 73.0 Å². The standard InChI is InChI=1S/C22H26N4O4/c1-4-15(3)16-6-8-17(9-7-16)20(5-2)24-22(27)21-11-10-19(30-21)14-25-13-18(12-23-25)26(28)29/h6-13,15,20H,4-5,14H2,1-3H3,(H,24,27). The number of nitrogens with one attached hydrogen (secondary N) is 1. The van der Waals surface area contributed by atoms with Crippen molar-refractivity contribution in [1.82, 2.24) is 15.1 Å². The van der Waals surface area contributed by atoms with E-state index in [1.54, 1.807) is 12.1 Å². The van der Waals surface area contributed by atoms with E-state index in [9.17, 15) is 14.9 Å². The molecule has 8 heteroatoms. The van der Waals surface area contributed by atoms with Crippen molar-refractivity contribution in [2.75, 3.05) is 0 Å².